The molecule has 1 heterocycles. The number of halogens is 1. The average Bonchev–Trinajstić information content (AvgIpc) is 3.27. The summed E-state index contributed by atoms with van der Waals surface area (Å²) < 4.78 is 20.2. The molecular formula is C32H19FO. The number of fused-ring (bicyclic) bond motifs is 5. The molecule has 0 aliphatic carbocycles. The molecule has 0 aliphatic heterocycles. The van der Waals surface area contributed by atoms with E-state index in [0.29, 0.717) is 0 Å². The zero-order valence-corrected chi connectivity index (χ0v) is 18.3. The van der Waals surface area contributed by atoms with Gasteiger partial charge in [0, 0.05) is 21.9 Å². The molecular weight excluding hydrogens is 419 g/mol. The summed E-state index contributed by atoms with van der Waals surface area (Å²) in [6.07, 6.45) is 0. The van der Waals surface area contributed by atoms with Gasteiger partial charge in [-0.3, -0.25) is 0 Å². The lowest BCUT2D eigenvalue weighted by Crippen LogP contribution is -1.91. The number of hydrogen-bond acceptors (Lipinski definition) is 1. The molecule has 0 aliphatic rings. The summed E-state index contributed by atoms with van der Waals surface area (Å²) in [6, 6.07) is 38.3. The predicted molar refractivity (Wildman–Crippen MR) is 140 cm³/mol. The quantitative estimate of drug-likeness (QED) is 0.245. The van der Waals surface area contributed by atoms with E-state index in [2.05, 4.69) is 72.8 Å². The van der Waals surface area contributed by atoms with Crippen molar-refractivity contribution in [1.29, 1.82) is 0 Å². The minimum atomic E-state index is -0.231. The Morgan fingerprint density at radius 3 is 1.62 bits per heavy atom. The average molecular weight is 439 g/mol. The summed E-state index contributed by atoms with van der Waals surface area (Å²) in [7, 11) is 0. The fourth-order valence-electron chi connectivity index (χ4n) is 5.29. The first kappa shape index (κ1) is 19.1. The Balaban J connectivity index is 1.67. The smallest absolute Gasteiger partial charge is 0.143 e. The van der Waals surface area contributed by atoms with Gasteiger partial charge in [0.2, 0.25) is 0 Å². The largest absolute Gasteiger partial charge is 0.455 e. The third-order valence-electron chi connectivity index (χ3n) is 6.74. The van der Waals surface area contributed by atoms with Crippen LogP contribution in [-0.2, 0) is 0 Å². The maximum atomic E-state index is 13.7. The van der Waals surface area contributed by atoms with E-state index < -0.39 is 0 Å². The minimum absolute atomic E-state index is 0.231. The fourth-order valence-corrected chi connectivity index (χ4v) is 5.29. The summed E-state index contributed by atoms with van der Waals surface area (Å²) >= 11 is 0. The van der Waals surface area contributed by atoms with E-state index in [1.165, 1.54) is 12.1 Å². The van der Waals surface area contributed by atoms with Crippen LogP contribution < -0.4 is 0 Å². The van der Waals surface area contributed by atoms with Crippen molar-refractivity contribution in [2.24, 2.45) is 0 Å². The van der Waals surface area contributed by atoms with E-state index in [-0.39, 0.29) is 5.82 Å². The summed E-state index contributed by atoms with van der Waals surface area (Å²) in [5.74, 6) is -0.231. The van der Waals surface area contributed by atoms with Crippen molar-refractivity contribution >= 4 is 43.5 Å². The van der Waals surface area contributed by atoms with Gasteiger partial charge in [-0.15, -0.1) is 0 Å². The number of para-hydroxylation sites is 2. The molecule has 0 atom stereocenters. The van der Waals surface area contributed by atoms with Crippen LogP contribution in [0.15, 0.2) is 120 Å². The number of rotatable bonds is 2. The first-order chi connectivity index (χ1) is 16.8. The third-order valence-corrected chi connectivity index (χ3v) is 6.74. The number of hydrogen-bond donors (Lipinski definition) is 0. The molecule has 34 heavy (non-hydrogen) atoms. The Morgan fingerprint density at radius 2 is 0.971 bits per heavy atom. The van der Waals surface area contributed by atoms with Gasteiger partial charge in [0.1, 0.15) is 17.0 Å². The number of furan rings is 1. The summed E-state index contributed by atoms with van der Waals surface area (Å²) in [5.41, 5.74) is 6.14. The molecule has 160 valence electrons. The fraction of sp³-hybridized carbons (Fsp3) is 0. The Hall–Kier alpha value is -4.43. The van der Waals surface area contributed by atoms with Gasteiger partial charge in [-0.2, -0.15) is 0 Å². The van der Waals surface area contributed by atoms with Crippen molar-refractivity contribution in [3.8, 4) is 22.3 Å². The molecule has 0 radical (unpaired) electrons. The monoisotopic (exact) mass is 438 g/mol. The Bertz CT molecular complexity index is 1800. The molecule has 1 nitrogen and oxygen atoms in total. The van der Waals surface area contributed by atoms with Gasteiger partial charge in [0.15, 0.2) is 0 Å². The second-order valence-corrected chi connectivity index (χ2v) is 8.63. The molecule has 0 saturated heterocycles. The van der Waals surface area contributed by atoms with Gasteiger partial charge in [-0.05, 0) is 50.9 Å². The Labute approximate surface area is 195 Å². The normalized spacial score (nSPS) is 11.7. The molecule has 6 aromatic carbocycles. The van der Waals surface area contributed by atoms with Crippen molar-refractivity contribution < 1.29 is 8.81 Å². The Morgan fingerprint density at radius 1 is 0.441 bits per heavy atom. The zero-order chi connectivity index (χ0) is 22.6. The van der Waals surface area contributed by atoms with E-state index in [0.717, 1.165) is 65.7 Å². The second-order valence-electron chi connectivity index (χ2n) is 8.63. The van der Waals surface area contributed by atoms with Crippen LogP contribution in [0.25, 0.3) is 65.7 Å². The standard InChI is InChI=1S/C32H19FO/c33-21-18-16-20(17-19-21)30-23-9-1-3-11-25(23)31(26-12-4-2-10-24(26)30)28-14-7-13-27-22-8-5-6-15-29(22)34-32(27)28/h1-19H. The molecule has 7 rings (SSSR count). The van der Waals surface area contributed by atoms with Crippen LogP contribution in [0.3, 0.4) is 0 Å². The van der Waals surface area contributed by atoms with Crippen LogP contribution in [0.1, 0.15) is 0 Å². The molecule has 0 saturated carbocycles. The van der Waals surface area contributed by atoms with Crippen molar-refractivity contribution in [3.05, 3.63) is 121 Å². The summed E-state index contributed by atoms with van der Waals surface area (Å²) in [5, 5.41) is 6.80. The lowest BCUT2D eigenvalue weighted by atomic mass is 9.85. The molecule has 0 N–H and O–H groups in total. The highest BCUT2D eigenvalue weighted by atomic mass is 19.1. The molecule has 1 aromatic heterocycles. The van der Waals surface area contributed by atoms with E-state index in [1.54, 1.807) is 0 Å². The van der Waals surface area contributed by atoms with Gasteiger partial charge in [-0.1, -0.05) is 97.1 Å². The lowest BCUT2D eigenvalue weighted by Gasteiger charge is -2.17. The minimum Gasteiger partial charge on any atom is -0.455 e. The summed E-state index contributed by atoms with van der Waals surface area (Å²) in [6.45, 7) is 0. The van der Waals surface area contributed by atoms with E-state index in [4.69, 9.17) is 4.42 Å². The van der Waals surface area contributed by atoms with Gasteiger partial charge in [0.05, 0.1) is 0 Å². The van der Waals surface area contributed by atoms with Crippen LogP contribution in [0, 0.1) is 5.82 Å². The van der Waals surface area contributed by atoms with Crippen molar-refractivity contribution in [3.63, 3.8) is 0 Å². The highest BCUT2D eigenvalue weighted by Gasteiger charge is 2.19. The highest BCUT2D eigenvalue weighted by Crippen LogP contribution is 2.46. The van der Waals surface area contributed by atoms with E-state index in [1.807, 2.05) is 30.3 Å². The maximum Gasteiger partial charge on any atom is 0.143 e. The first-order valence-electron chi connectivity index (χ1n) is 11.4. The van der Waals surface area contributed by atoms with Crippen LogP contribution in [0.4, 0.5) is 4.39 Å². The van der Waals surface area contributed by atoms with Gasteiger partial charge >= 0.3 is 0 Å². The second kappa shape index (κ2) is 7.29. The molecule has 0 fully saturated rings. The highest BCUT2D eigenvalue weighted by molar-refractivity contribution is 6.24. The topological polar surface area (TPSA) is 13.1 Å². The zero-order valence-electron chi connectivity index (χ0n) is 18.3. The molecule has 0 bridgehead atoms. The molecule has 0 amide bonds. The number of benzene rings is 6. The lowest BCUT2D eigenvalue weighted by molar-refractivity contribution is 0.628. The molecule has 2 heteroatoms. The van der Waals surface area contributed by atoms with Crippen LogP contribution in [0.2, 0.25) is 0 Å². The Kier molecular flexibility index (Phi) is 4.09. The van der Waals surface area contributed by atoms with Gasteiger partial charge in [0.25, 0.3) is 0 Å². The van der Waals surface area contributed by atoms with E-state index >= 15 is 0 Å². The van der Waals surface area contributed by atoms with Crippen LogP contribution in [-0.4, -0.2) is 0 Å². The van der Waals surface area contributed by atoms with Gasteiger partial charge < -0.3 is 4.42 Å². The SMILES string of the molecule is Fc1ccc(-c2c3ccccc3c(-c3cccc4c3oc3ccccc34)c3ccccc23)cc1. The maximum absolute atomic E-state index is 13.7. The third kappa shape index (κ3) is 2.72. The predicted octanol–water partition coefficient (Wildman–Crippen LogP) is 9.37. The summed E-state index contributed by atoms with van der Waals surface area (Å²) in [4.78, 5) is 0. The first-order valence-corrected chi connectivity index (χ1v) is 11.4. The van der Waals surface area contributed by atoms with Crippen molar-refractivity contribution in [1.82, 2.24) is 0 Å². The molecule has 0 unspecified atom stereocenters. The van der Waals surface area contributed by atoms with Crippen LogP contribution >= 0.6 is 0 Å². The van der Waals surface area contributed by atoms with Crippen molar-refractivity contribution in [2.45, 2.75) is 0 Å². The molecule has 0 spiro atoms. The molecule has 7 aromatic rings. The van der Waals surface area contributed by atoms with Gasteiger partial charge in [-0.25, -0.2) is 4.39 Å². The van der Waals surface area contributed by atoms with E-state index in [9.17, 15) is 4.39 Å². The van der Waals surface area contributed by atoms with Crippen molar-refractivity contribution in [2.75, 3.05) is 0 Å². The van der Waals surface area contributed by atoms with Crippen LogP contribution in [0.5, 0.6) is 0 Å².